The first-order chi connectivity index (χ1) is 16.1. The number of anilines is 1. The second-order valence-electron chi connectivity index (χ2n) is 9.09. The molecule has 2 aromatic carbocycles. The van der Waals surface area contributed by atoms with E-state index in [1.807, 2.05) is 44.2 Å². The Labute approximate surface area is 197 Å². The standard InChI is InChI=1S/C25H28FN5O3/c1-14-20(23(33)27-4)30-31(16-8-6-5-7-9-16)22(14)29-24(34)28-21-17-12-15(26)10-11-18(17)25(2,3)13-19(21)32/h5-12,21,23,27,33H,13H2,1-4H3,(H2,28,29,34)/t21-,23?/m1/s1. The second kappa shape index (κ2) is 9.00. The number of carbonyl (C=O) groups excluding carboxylic acids is 2. The number of urea groups is 1. The van der Waals surface area contributed by atoms with E-state index in [9.17, 15) is 19.1 Å². The molecule has 0 saturated carbocycles. The first-order valence-electron chi connectivity index (χ1n) is 11.0. The zero-order valence-electron chi connectivity index (χ0n) is 19.5. The molecule has 0 radical (unpaired) electrons. The van der Waals surface area contributed by atoms with E-state index in [0.29, 0.717) is 28.3 Å². The lowest BCUT2D eigenvalue weighted by molar-refractivity contribution is -0.122. The number of para-hydroxylation sites is 1. The number of Topliss-reactive ketones (excluding diaryl/α,β-unsaturated/α-hetero) is 1. The second-order valence-corrected chi connectivity index (χ2v) is 9.09. The zero-order chi connectivity index (χ0) is 24.6. The highest BCUT2D eigenvalue weighted by Gasteiger charge is 2.39. The molecule has 3 aromatic rings. The predicted octanol–water partition coefficient (Wildman–Crippen LogP) is 3.64. The third-order valence-corrected chi connectivity index (χ3v) is 6.19. The molecule has 0 fully saturated rings. The highest BCUT2D eigenvalue weighted by atomic mass is 19.1. The lowest BCUT2D eigenvalue weighted by Crippen LogP contribution is -2.43. The maximum absolute atomic E-state index is 14.1. The van der Waals surface area contributed by atoms with Gasteiger partial charge in [-0.1, -0.05) is 38.1 Å². The van der Waals surface area contributed by atoms with Gasteiger partial charge in [-0.15, -0.1) is 0 Å². The molecule has 0 bridgehead atoms. The Bertz CT molecular complexity index is 1240. The smallest absolute Gasteiger partial charge is 0.321 e. The van der Waals surface area contributed by atoms with Crippen LogP contribution in [0.2, 0.25) is 0 Å². The Morgan fingerprint density at radius 1 is 1.24 bits per heavy atom. The number of nitrogens with one attached hydrogen (secondary N) is 3. The normalized spacial score (nSPS) is 17.7. The van der Waals surface area contributed by atoms with Crippen LogP contribution >= 0.6 is 0 Å². The molecule has 8 nitrogen and oxygen atoms in total. The Morgan fingerprint density at radius 3 is 2.62 bits per heavy atom. The van der Waals surface area contributed by atoms with Crippen molar-refractivity contribution in [3.05, 3.63) is 76.7 Å². The molecule has 2 amide bonds. The van der Waals surface area contributed by atoms with E-state index in [2.05, 4.69) is 21.0 Å². The molecule has 0 saturated heterocycles. The van der Waals surface area contributed by atoms with Crippen LogP contribution in [-0.2, 0) is 10.2 Å². The fourth-order valence-electron chi connectivity index (χ4n) is 4.44. The van der Waals surface area contributed by atoms with Crippen molar-refractivity contribution >= 4 is 17.6 Å². The average molecular weight is 466 g/mol. The first-order valence-corrected chi connectivity index (χ1v) is 11.0. The van der Waals surface area contributed by atoms with Gasteiger partial charge in [-0.25, -0.2) is 13.9 Å². The molecular weight excluding hydrogens is 437 g/mol. The largest absolute Gasteiger partial charge is 0.373 e. The van der Waals surface area contributed by atoms with E-state index in [1.165, 1.54) is 16.8 Å². The number of aromatic nitrogens is 2. The lowest BCUT2D eigenvalue weighted by atomic mass is 9.70. The fraction of sp³-hybridized carbons (Fsp3) is 0.320. The summed E-state index contributed by atoms with van der Waals surface area (Å²) < 4.78 is 15.6. The van der Waals surface area contributed by atoms with E-state index in [0.717, 1.165) is 5.56 Å². The van der Waals surface area contributed by atoms with Gasteiger partial charge in [0.2, 0.25) is 0 Å². The van der Waals surface area contributed by atoms with Gasteiger partial charge in [0.15, 0.2) is 5.78 Å². The van der Waals surface area contributed by atoms with Crippen LogP contribution in [0.5, 0.6) is 0 Å². The van der Waals surface area contributed by atoms with Crippen LogP contribution < -0.4 is 16.0 Å². The van der Waals surface area contributed by atoms with Gasteiger partial charge in [-0.2, -0.15) is 5.10 Å². The van der Waals surface area contributed by atoms with Crippen molar-refractivity contribution in [2.75, 3.05) is 12.4 Å². The van der Waals surface area contributed by atoms with Gasteiger partial charge in [0.05, 0.1) is 5.69 Å². The van der Waals surface area contributed by atoms with E-state index in [-0.39, 0.29) is 12.2 Å². The van der Waals surface area contributed by atoms with Crippen LogP contribution in [0.4, 0.5) is 15.0 Å². The molecule has 34 heavy (non-hydrogen) atoms. The van der Waals surface area contributed by atoms with Crippen molar-refractivity contribution in [3.8, 4) is 5.69 Å². The van der Waals surface area contributed by atoms with Gasteiger partial charge < -0.3 is 10.4 Å². The number of rotatable bonds is 5. The Hall–Kier alpha value is -3.56. The molecule has 1 heterocycles. The van der Waals surface area contributed by atoms with Crippen LogP contribution in [0, 0.1) is 12.7 Å². The molecule has 4 rings (SSSR count). The van der Waals surface area contributed by atoms with E-state index < -0.39 is 29.5 Å². The van der Waals surface area contributed by atoms with Gasteiger partial charge in [-0.05, 0) is 54.8 Å². The zero-order valence-corrected chi connectivity index (χ0v) is 19.5. The number of aliphatic hydroxyl groups excluding tert-OH is 1. The van der Waals surface area contributed by atoms with Crippen molar-refractivity contribution in [2.24, 2.45) is 0 Å². The molecule has 178 valence electrons. The molecule has 1 aliphatic carbocycles. The molecular formula is C25H28FN5O3. The molecule has 1 aromatic heterocycles. The van der Waals surface area contributed by atoms with Crippen molar-refractivity contribution in [3.63, 3.8) is 0 Å². The summed E-state index contributed by atoms with van der Waals surface area (Å²) >= 11 is 0. The summed E-state index contributed by atoms with van der Waals surface area (Å²) in [6.07, 6.45) is -0.818. The Balaban J connectivity index is 1.67. The van der Waals surface area contributed by atoms with Crippen molar-refractivity contribution in [2.45, 2.75) is 44.9 Å². The predicted molar refractivity (Wildman–Crippen MR) is 126 cm³/mol. The minimum absolute atomic E-state index is 0.196. The lowest BCUT2D eigenvalue weighted by Gasteiger charge is -2.36. The number of halogens is 1. The number of benzene rings is 2. The maximum Gasteiger partial charge on any atom is 0.321 e. The molecule has 1 aliphatic rings. The summed E-state index contributed by atoms with van der Waals surface area (Å²) in [6.45, 7) is 5.58. The molecule has 9 heteroatoms. The SMILES string of the molecule is CNC(O)c1nn(-c2ccccc2)c(NC(=O)N[C@H]2C(=O)CC(C)(C)c3ccc(F)cc32)c1C. The van der Waals surface area contributed by atoms with Gasteiger partial charge in [0.25, 0.3) is 0 Å². The molecule has 0 spiro atoms. The van der Waals surface area contributed by atoms with Gasteiger partial charge in [-0.3, -0.25) is 15.4 Å². The minimum atomic E-state index is -1.04. The van der Waals surface area contributed by atoms with Crippen LogP contribution in [0.15, 0.2) is 48.5 Å². The molecule has 2 atom stereocenters. The van der Waals surface area contributed by atoms with E-state index in [4.69, 9.17) is 0 Å². The molecule has 1 unspecified atom stereocenters. The number of aliphatic hydroxyl groups is 1. The fourth-order valence-corrected chi connectivity index (χ4v) is 4.44. The molecule has 4 N–H and O–H groups in total. The van der Waals surface area contributed by atoms with Crippen molar-refractivity contribution < 1.29 is 19.1 Å². The highest BCUT2D eigenvalue weighted by Crippen LogP contribution is 2.40. The topological polar surface area (TPSA) is 108 Å². The summed E-state index contributed by atoms with van der Waals surface area (Å²) in [5, 5.41) is 23.0. The third-order valence-electron chi connectivity index (χ3n) is 6.19. The van der Waals surface area contributed by atoms with Crippen LogP contribution in [0.1, 0.15) is 54.9 Å². The van der Waals surface area contributed by atoms with Gasteiger partial charge in [0.1, 0.15) is 29.6 Å². The monoisotopic (exact) mass is 465 g/mol. The van der Waals surface area contributed by atoms with E-state index >= 15 is 0 Å². The number of amides is 2. The summed E-state index contributed by atoms with van der Waals surface area (Å²) in [4.78, 5) is 26.0. The number of hydrogen-bond acceptors (Lipinski definition) is 5. The summed E-state index contributed by atoms with van der Waals surface area (Å²) in [5.41, 5.74) is 2.40. The van der Waals surface area contributed by atoms with Crippen LogP contribution in [0.3, 0.4) is 0 Å². The summed E-state index contributed by atoms with van der Waals surface area (Å²) in [5.74, 6) is -0.325. The number of hydrogen-bond donors (Lipinski definition) is 4. The van der Waals surface area contributed by atoms with Crippen molar-refractivity contribution in [1.29, 1.82) is 0 Å². The minimum Gasteiger partial charge on any atom is -0.373 e. The number of fused-ring (bicyclic) bond motifs is 1. The van der Waals surface area contributed by atoms with Crippen LogP contribution in [0.25, 0.3) is 5.69 Å². The van der Waals surface area contributed by atoms with Crippen LogP contribution in [-0.4, -0.2) is 33.7 Å². The number of nitrogens with zero attached hydrogens (tertiary/aromatic N) is 2. The quantitative estimate of drug-likeness (QED) is 0.430. The van der Waals surface area contributed by atoms with E-state index in [1.54, 1.807) is 20.0 Å². The summed E-state index contributed by atoms with van der Waals surface area (Å²) in [6, 6.07) is 11.9. The average Bonchev–Trinajstić information content (AvgIpc) is 3.12. The third kappa shape index (κ3) is 4.32. The Kier molecular flexibility index (Phi) is 6.24. The summed E-state index contributed by atoms with van der Waals surface area (Å²) in [7, 11) is 1.60. The Morgan fingerprint density at radius 2 is 1.94 bits per heavy atom. The van der Waals surface area contributed by atoms with Gasteiger partial charge in [0, 0.05) is 12.0 Å². The van der Waals surface area contributed by atoms with Crippen molar-refractivity contribution in [1.82, 2.24) is 20.4 Å². The molecule has 0 aliphatic heterocycles. The maximum atomic E-state index is 14.1. The number of ketones is 1. The highest BCUT2D eigenvalue weighted by molar-refractivity contribution is 5.96. The van der Waals surface area contributed by atoms with Gasteiger partial charge >= 0.3 is 6.03 Å². The first kappa shape index (κ1) is 23.6. The number of carbonyl (C=O) groups is 2.